The highest BCUT2D eigenvalue weighted by Gasteiger charge is 2.45. The van der Waals surface area contributed by atoms with E-state index in [1.165, 1.54) is 18.6 Å². The van der Waals surface area contributed by atoms with Crippen molar-refractivity contribution in [2.45, 2.75) is 63.3 Å². The Hall–Kier alpha value is -0.710. The molecular weight excluding hydrogens is 260 g/mol. The molecule has 108 valence electrons. The summed E-state index contributed by atoms with van der Waals surface area (Å²) in [6.07, 6.45) is 4.31. The molecule has 0 spiro atoms. The number of hydrogen-bond donors (Lipinski definition) is 1. The van der Waals surface area contributed by atoms with Crippen LogP contribution < -0.4 is 5.32 Å². The number of thioether (sulfide) groups is 1. The molecule has 0 saturated carbocycles. The van der Waals surface area contributed by atoms with E-state index >= 15 is 0 Å². The highest BCUT2D eigenvalue weighted by molar-refractivity contribution is 7.99. The molecule has 2 fully saturated rings. The van der Waals surface area contributed by atoms with Crippen molar-refractivity contribution in [3.8, 4) is 0 Å². The van der Waals surface area contributed by atoms with Gasteiger partial charge in [0.2, 0.25) is 11.8 Å². The SMILES string of the molecule is CCC1(C)NC(=O)C(C)N(CC2CCCCS2)C1=O. The zero-order valence-corrected chi connectivity index (χ0v) is 12.9. The van der Waals surface area contributed by atoms with E-state index in [0.717, 1.165) is 6.42 Å². The Kier molecular flexibility index (Phi) is 4.43. The number of amides is 2. The highest BCUT2D eigenvalue weighted by atomic mass is 32.2. The molecule has 19 heavy (non-hydrogen) atoms. The number of carbonyl (C=O) groups is 2. The maximum Gasteiger partial charge on any atom is 0.248 e. The number of nitrogens with zero attached hydrogens (tertiary/aromatic N) is 1. The Bertz CT molecular complexity index is 368. The number of carbonyl (C=O) groups excluding carboxylic acids is 2. The maximum absolute atomic E-state index is 12.6. The van der Waals surface area contributed by atoms with Crippen molar-refractivity contribution in [2.75, 3.05) is 12.3 Å². The number of rotatable bonds is 3. The van der Waals surface area contributed by atoms with Gasteiger partial charge in [-0.3, -0.25) is 9.59 Å². The summed E-state index contributed by atoms with van der Waals surface area (Å²) in [5, 5.41) is 3.36. The third-order valence-corrected chi connectivity index (χ3v) is 5.74. The molecule has 3 atom stereocenters. The van der Waals surface area contributed by atoms with Crippen molar-refractivity contribution in [2.24, 2.45) is 0 Å². The zero-order valence-electron chi connectivity index (χ0n) is 12.1. The van der Waals surface area contributed by atoms with E-state index in [-0.39, 0.29) is 17.9 Å². The minimum Gasteiger partial charge on any atom is -0.340 e. The van der Waals surface area contributed by atoms with Crippen LogP contribution in [0.25, 0.3) is 0 Å². The molecule has 2 rings (SSSR count). The number of nitrogens with one attached hydrogen (secondary N) is 1. The van der Waals surface area contributed by atoms with E-state index < -0.39 is 5.54 Å². The summed E-state index contributed by atoms with van der Waals surface area (Å²) in [6.45, 7) is 6.32. The van der Waals surface area contributed by atoms with Gasteiger partial charge in [-0.1, -0.05) is 13.3 Å². The molecule has 5 heteroatoms. The average Bonchev–Trinajstić information content (AvgIpc) is 2.42. The summed E-state index contributed by atoms with van der Waals surface area (Å²) in [4.78, 5) is 26.5. The van der Waals surface area contributed by atoms with Crippen LogP contribution in [0.1, 0.15) is 46.5 Å². The van der Waals surface area contributed by atoms with Crippen LogP contribution in [0.15, 0.2) is 0 Å². The standard InChI is InChI=1S/C14H24N2O2S/c1-4-14(3)13(18)16(10(2)12(17)15-14)9-11-7-5-6-8-19-11/h10-11H,4-9H2,1-3H3,(H,15,17). The Labute approximate surface area is 119 Å². The third kappa shape index (κ3) is 2.91. The summed E-state index contributed by atoms with van der Waals surface area (Å²) in [6, 6.07) is -0.338. The van der Waals surface area contributed by atoms with Gasteiger partial charge in [0.25, 0.3) is 0 Å². The molecule has 1 N–H and O–H groups in total. The maximum atomic E-state index is 12.6. The molecule has 0 aromatic rings. The van der Waals surface area contributed by atoms with Crippen LogP contribution in [0.2, 0.25) is 0 Å². The van der Waals surface area contributed by atoms with Gasteiger partial charge in [0.1, 0.15) is 11.6 Å². The van der Waals surface area contributed by atoms with E-state index in [0.29, 0.717) is 18.2 Å². The molecule has 3 unspecified atom stereocenters. The smallest absolute Gasteiger partial charge is 0.248 e. The first kappa shape index (κ1) is 14.7. The molecule has 2 aliphatic rings. The summed E-state index contributed by atoms with van der Waals surface area (Å²) >= 11 is 1.94. The Morgan fingerprint density at radius 3 is 2.74 bits per heavy atom. The van der Waals surface area contributed by atoms with Gasteiger partial charge >= 0.3 is 0 Å². The van der Waals surface area contributed by atoms with Crippen LogP contribution in [-0.2, 0) is 9.59 Å². The first-order valence-corrected chi connectivity index (χ1v) is 8.27. The lowest BCUT2D eigenvalue weighted by atomic mass is 9.92. The van der Waals surface area contributed by atoms with Gasteiger partial charge in [-0.2, -0.15) is 11.8 Å². The second-order valence-electron chi connectivity index (χ2n) is 5.80. The van der Waals surface area contributed by atoms with Crippen LogP contribution in [0.3, 0.4) is 0 Å². The quantitative estimate of drug-likeness (QED) is 0.859. The van der Waals surface area contributed by atoms with Gasteiger partial charge in [-0.05, 0) is 38.9 Å². The summed E-state index contributed by atoms with van der Waals surface area (Å²) in [7, 11) is 0. The summed E-state index contributed by atoms with van der Waals surface area (Å²) < 4.78 is 0. The van der Waals surface area contributed by atoms with Crippen molar-refractivity contribution in [1.29, 1.82) is 0 Å². The predicted octanol–water partition coefficient (Wildman–Crippen LogP) is 1.79. The second kappa shape index (κ2) is 5.73. The van der Waals surface area contributed by atoms with Gasteiger partial charge in [-0.15, -0.1) is 0 Å². The fourth-order valence-corrected chi connectivity index (χ4v) is 4.02. The fraction of sp³-hybridized carbons (Fsp3) is 0.857. The van der Waals surface area contributed by atoms with Crippen molar-refractivity contribution < 1.29 is 9.59 Å². The normalized spacial score (nSPS) is 36.3. The lowest BCUT2D eigenvalue weighted by molar-refractivity contribution is -0.153. The van der Waals surface area contributed by atoms with Gasteiger partial charge in [0.15, 0.2) is 0 Å². The molecule has 2 saturated heterocycles. The molecule has 2 heterocycles. The van der Waals surface area contributed by atoms with Gasteiger partial charge in [0, 0.05) is 11.8 Å². The first-order valence-electron chi connectivity index (χ1n) is 7.22. The minimum atomic E-state index is -0.719. The minimum absolute atomic E-state index is 0.0234. The predicted molar refractivity (Wildman–Crippen MR) is 78.1 cm³/mol. The molecule has 0 aliphatic carbocycles. The molecule has 0 bridgehead atoms. The van der Waals surface area contributed by atoms with E-state index in [1.807, 2.05) is 32.5 Å². The van der Waals surface area contributed by atoms with Crippen LogP contribution in [0, 0.1) is 0 Å². The second-order valence-corrected chi connectivity index (χ2v) is 7.21. The molecule has 0 radical (unpaired) electrons. The van der Waals surface area contributed by atoms with Gasteiger partial charge < -0.3 is 10.2 Å². The molecule has 2 aliphatic heterocycles. The summed E-state index contributed by atoms with van der Waals surface area (Å²) in [5.74, 6) is 1.23. The van der Waals surface area contributed by atoms with Crippen molar-refractivity contribution in [3.63, 3.8) is 0 Å². The number of piperazine rings is 1. The zero-order chi connectivity index (χ0) is 14.0. The van der Waals surface area contributed by atoms with Crippen LogP contribution >= 0.6 is 11.8 Å². The molecule has 0 aromatic carbocycles. The molecular formula is C14H24N2O2S. The molecule has 4 nitrogen and oxygen atoms in total. The molecule has 2 amide bonds. The monoisotopic (exact) mass is 284 g/mol. The number of hydrogen-bond acceptors (Lipinski definition) is 3. The van der Waals surface area contributed by atoms with E-state index in [2.05, 4.69) is 5.32 Å². The highest BCUT2D eigenvalue weighted by Crippen LogP contribution is 2.29. The topological polar surface area (TPSA) is 49.4 Å². The lowest BCUT2D eigenvalue weighted by Crippen LogP contribution is -2.69. The van der Waals surface area contributed by atoms with E-state index in [4.69, 9.17) is 0 Å². The molecule has 0 aromatic heterocycles. The van der Waals surface area contributed by atoms with E-state index in [1.54, 1.807) is 4.90 Å². The van der Waals surface area contributed by atoms with Crippen molar-refractivity contribution in [3.05, 3.63) is 0 Å². The Morgan fingerprint density at radius 2 is 2.16 bits per heavy atom. The fourth-order valence-electron chi connectivity index (χ4n) is 2.72. The van der Waals surface area contributed by atoms with Crippen LogP contribution in [0.5, 0.6) is 0 Å². The van der Waals surface area contributed by atoms with Gasteiger partial charge in [0.05, 0.1) is 0 Å². The summed E-state index contributed by atoms with van der Waals surface area (Å²) in [5.41, 5.74) is -0.719. The Balaban J connectivity index is 2.11. The third-order valence-electron chi connectivity index (χ3n) is 4.36. The average molecular weight is 284 g/mol. The van der Waals surface area contributed by atoms with Gasteiger partial charge in [-0.25, -0.2) is 0 Å². The van der Waals surface area contributed by atoms with Crippen molar-refractivity contribution in [1.82, 2.24) is 10.2 Å². The Morgan fingerprint density at radius 1 is 1.42 bits per heavy atom. The van der Waals surface area contributed by atoms with Crippen LogP contribution in [-0.4, -0.2) is 45.8 Å². The largest absolute Gasteiger partial charge is 0.340 e. The van der Waals surface area contributed by atoms with E-state index in [9.17, 15) is 9.59 Å². The first-order chi connectivity index (χ1) is 8.98. The van der Waals surface area contributed by atoms with Crippen LogP contribution in [0.4, 0.5) is 0 Å². The lowest BCUT2D eigenvalue weighted by Gasteiger charge is -2.44. The van der Waals surface area contributed by atoms with Crippen molar-refractivity contribution >= 4 is 23.6 Å².